The maximum Gasteiger partial charge on any atom is 0.133 e. The van der Waals surface area contributed by atoms with Crippen LogP contribution in [0.2, 0.25) is 0 Å². The van der Waals surface area contributed by atoms with Crippen molar-refractivity contribution in [1.82, 2.24) is 15.3 Å². The molecular weight excluding hydrogens is 336 g/mol. The number of rotatable bonds is 7. The number of aromatic nitrogens is 2. The molecule has 0 atom stereocenters. The second-order valence-corrected chi connectivity index (χ2v) is 7.87. The van der Waals surface area contributed by atoms with Crippen molar-refractivity contribution in [2.24, 2.45) is 0 Å². The van der Waals surface area contributed by atoms with Gasteiger partial charge in [-0.15, -0.1) is 0 Å². The van der Waals surface area contributed by atoms with Gasteiger partial charge in [0.2, 0.25) is 0 Å². The molecule has 0 radical (unpaired) electrons. The fourth-order valence-electron chi connectivity index (χ4n) is 3.57. The number of phenolic OH excluding ortho intramolecular Hbond substituents is 1. The second kappa shape index (κ2) is 9.18. The van der Waals surface area contributed by atoms with E-state index in [1.165, 1.54) is 5.56 Å². The summed E-state index contributed by atoms with van der Waals surface area (Å²) in [7, 11) is 0. The third-order valence-corrected chi connectivity index (χ3v) is 5.20. The highest BCUT2D eigenvalue weighted by molar-refractivity contribution is 5.40. The van der Waals surface area contributed by atoms with E-state index in [4.69, 9.17) is 4.98 Å². The number of benzene rings is 1. The average Bonchev–Trinajstić information content (AvgIpc) is 2.66. The lowest BCUT2D eigenvalue weighted by Crippen LogP contribution is -2.43. The van der Waals surface area contributed by atoms with Crippen LogP contribution >= 0.6 is 0 Å². The molecule has 0 unspecified atom stereocenters. The average molecular weight is 369 g/mol. The minimum Gasteiger partial charge on any atom is -0.508 e. The zero-order valence-electron chi connectivity index (χ0n) is 16.8. The summed E-state index contributed by atoms with van der Waals surface area (Å²) in [4.78, 5) is 11.7. The van der Waals surface area contributed by atoms with Crippen molar-refractivity contribution in [2.45, 2.75) is 58.4 Å². The number of piperidine rings is 1. The summed E-state index contributed by atoms with van der Waals surface area (Å²) in [6, 6.07) is 10.2. The Hall–Kier alpha value is -2.14. The van der Waals surface area contributed by atoms with E-state index in [2.05, 4.69) is 42.0 Å². The first-order chi connectivity index (χ1) is 13.0. The van der Waals surface area contributed by atoms with Crippen molar-refractivity contribution in [3.63, 3.8) is 0 Å². The van der Waals surface area contributed by atoms with Gasteiger partial charge in [0, 0.05) is 36.8 Å². The highest BCUT2D eigenvalue weighted by Crippen LogP contribution is 2.21. The van der Waals surface area contributed by atoms with Crippen LogP contribution < -0.4 is 10.2 Å². The van der Waals surface area contributed by atoms with Gasteiger partial charge in [0.15, 0.2) is 0 Å². The minimum absolute atomic E-state index is 0.336. The molecule has 5 heteroatoms. The predicted octanol–water partition coefficient (Wildman–Crippen LogP) is 3.81. The number of aromatic hydroxyl groups is 1. The van der Waals surface area contributed by atoms with E-state index < -0.39 is 0 Å². The van der Waals surface area contributed by atoms with Gasteiger partial charge in [0.05, 0.1) is 0 Å². The van der Waals surface area contributed by atoms with Crippen LogP contribution in [0.3, 0.4) is 0 Å². The quantitative estimate of drug-likeness (QED) is 0.728. The predicted molar refractivity (Wildman–Crippen MR) is 111 cm³/mol. The number of nitrogens with zero attached hydrogens (tertiary/aromatic N) is 3. The summed E-state index contributed by atoms with van der Waals surface area (Å²) in [5.41, 5.74) is 2.34. The summed E-state index contributed by atoms with van der Waals surface area (Å²) in [6.07, 6.45) is 4.47. The summed E-state index contributed by atoms with van der Waals surface area (Å²) in [5, 5.41) is 13.0. The molecule has 1 saturated heterocycles. The lowest BCUT2D eigenvalue weighted by molar-refractivity contribution is 0.411. The molecule has 3 rings (SSSR count). The molecule has 0 saturated carbocycles. The van der Waals surface area contributed by atoms with E-state index in [-0.39, 0.29) is 0 Å². The molecule has 1 aliphatic heterocycles. The smallest absolute Gasteiger partial charge is 0.133 e. The topological polar surface area (TPSA) is 61.3 Å². The van der Waals surface area contributed by atoms with Gasteiger partial charge in [0.1, 0.15) is 17.4 Å². The normalized spacial score (nSPS) is 15.5. The maximum atomic E-state index is 9.34. The van der Waals surface area contributed by atoms with Gasteiger partial charge in [-0.2, -0.15) is 0 Å². The Morgan fingerprint density at radius 3 is 2.52 bits per heavy atom. The molecule has 1 fully saturated rings. The molecule has 1 aromatic heterocycles. The molecule has 27 heavy (non-hydrogen) atoms. The number of hydrogen-bond acceptors (Lipinski definition) is 5. The highest BCUT2D eigenvalue weighted by Gasteiger charge is 2.20. The summed E-state index contributed by atoms with van der Waals surface area (Å²) < 4.78 is 0. The molecule has 0 bridgehead atoms. The van der Waals surface area contributed by atoms with Gasteiger partial charge in [0.25, 0.3) is 0 Å². The largest absolute Gasteiger partial charge is 0.508 e. The number of aryl methyl sites for hydroxylation is 2. The SMILES string of the molecule is Cc1cc(N2CCC(NCCCc3ccc(O)cc3)CC2)nc(C(C)C)n1. The van der Waals surface area contributed by atoms with Crippen LogP contribution in [-0.4, -0.2) is 40.8 Å². The number of nitrogens with one attached hydrogen (secondary N) is 1. The van der Waals surface area contributed by atoms with Gasteiger partial charge >= 0.3 is 0 Å². The van der Waals surface area contributed by atoms with E-state index in [0.29, 0.717) is 17.7 Å². The Morgan fingerprint density at radius 1 is 1.15 bits per heavy atom. The first kappa shape index (κ1) is 19.6. The molecule has 1 aliphatic rings. The molecule has 0 aliphatic carbocycles. The summed E-state index contributed by atoms with van der Waals surface area (Å²) in [6.45, 7) is 9.47. The van der Waals surface area contributed by atoms with Gasteiger partial charge < -0.3 is 15.3 Å². The van der Waals surface area contributed by atoms with Gasteiger partial charge in [-0.05, 0) is 56.8 Å². The van der Waals surface area contributed by atoms with Crippen LogP contribution in [0.5, 0.6) is 5.75 Å². The Balaban J connectivity index is 1.42. The van der Waals surface area contributed by atoms with Crippen LogP contribution in [-0.2, 0) is 6.42 Å². The molecular formula is C22H32N4O. The first-order valence-electron chi connectivity index (χ1n) is 10.1. The molecule has 146 valence electrons. The van der Waals surface area contributed by atoms with E-state index in [9.17, 15) is 5.11 Å². The Labute approximate surface area is 162 Å². The summed E-state index contributed by atoms with van der Waals surface area (Å²) in [5.74, 6) is 2.72. The van der Waals surface area contributed by atoms with Crippen LogP contribution in [0.25, 0.3) is 0 Å². The first-order valence-corrected chi connectivity index (χ1v) is 10.1. The highest BCUT2D eigenvalue weighted by atomic mass is 16.3. The second-order valence-electron chi connectivity index (χ2n) is 7.87. The lowest BCUT2D eigenvalue weighted by Gasteiger charge is -2.33. The fourth-order valence-corrected chi connectivity index (χ4v) is 3.57. The van der Waals surface area contributed by atoms with Crippen molar-refractivity contribution in [2.75, 3.05) is 24.5 Å². The molecule has 2 aromatic rings. The van der Waals surface area contributed by atoms with E-state index >= 15 is 0 Å². The number of phenols is 1. The third kappa shape index (κ3) is 5.67. The zero-order valence-corrected chi connectivity index (χ0v) is 16.8. The molecule has 1 aromatic carbocycles. The van der Waals surface area contributed by atoms with Crippen molar-refractivity contribution in [1.29, 1.82) is 0 Å². The Kier molecular flexibility index (Phi) is 6.67. The van der Waals surface area contributed by atoms with E-state index in [1.807, 2.05) is 12.1 Å². The molecule has 2 heterocycles. The third-order valence-electron chi connectivity index (χ3n) is 5.20. The van der Waals surface area contributed by atoms with E-state index in [0.717, 1.165) is 62.7 Å². The zero-order chi connectivity index (χ0) is 19.2. The van der Waals surface area contributed by atoms with Crippen LogP contribution in [0.1, 0.15) is 56.1 Å². The van der Waals surface area contributed by atoms with Gasteiger partial charge in [-0.3, -0.25) is 0 Å². The molecule has 0 spiro atoms. The van der Waals surface area contributed by atoms with Crippen LogP contribution in [0, 0.1) is 6.92 Å². The lowest BCUT2D eigenvalue weighted by atomic mass is 10.0. The van der Waals surface area contributed by atoms with Crippen molar-refractivity contribution >= 4 is 5.82 Å². The molecule has 0 amide bonds. The Morgan fingerprint density at radius 2 is 1.85 bits per heavy atom. The Bertz CT molecular complexity index is 722. The standard InChI is InChI=1S/C22H32N4O/c1-16(2)22-24-17(3)15-21(25-22)26-13-10-19(11-14-26)23-12-4-5-18-6-8-20(27)9-7-18/h6-9,15-16,19,23,27H,4-5,10-14H2,1-3H3. The number of hydrogen-bond donors (Lipinski definition) is 2. The summed E-state index contributed by atoms with van der Waals surface area (Å²) >= 11 is 0. The van der Waals surface area contributed by atoms with Crippen LogP contribution in [0.15, 0.2) is 30.3 Å². The number of anilines is 1. The maximum absolute atomic E-state index is 9.34. The fraction of sp³-hybridized carbons (Fsp3) is 0.545. The van der Waals surface area contributed by atoms with Crippen LogP contribution in [0.4, 0.5) is 5.82 Å². The van der Waals surface area contributed by atoms with Gasteiger partial charge in [-0.25, -0.2) is 9.97 Å². The van der Waals surface area contributed by atoms with Gasteiger partial charge in [-0.1, -0.05) is 26.0 Å². The van der Waals surface area contributed by atoms with Crippen molar-refractivity contribution < 1.29 is 5.11 Å². The van der Waals surface area contributed by atoms with Crippen molar-refractivity contribution in [3.8, 4) is 5.75 Å². The minimum atomic E-state index is 0.336. The molecule has 5 nitrogen and oxygen atoms in total. The van der Waals surface area contributed by atoms with E-state index in [1.54, 1.807) is 12.1 Å². The monoisotopic (exact) mass is 368 g/mol. The van der Waals surface area contributed by atoms with Crippen molar-refractivity contribution in [3.05, 3.63) is 47.4 Å². The molecule has 2 N–H and O–H groups in total.